The molecule has 0 fully saturated rings. The summed E-state index contributed by atoms with van der Waals surface area (Å²) in [6, 6.07) is 10.3. The Bertz CT molecular complexity index is 134. The summed E-state index contributed by atoms with van der Waals surface area (Å²) in [6.45, 7) is 0. The van der Waals surface area contributed by atoms with Gasteiger partial charge in [-0.15, -0.1) is 0 Å². The van der Waals surface area contributed by atoms with E-state index in [2.05, 4.69) is 32.6 Å². The molecule has 1 aromatic rings. The van der Waals surface area contributed by atoms with Crippen LogP contribution >= 0.6 is 0 Å². The van der Waals surface area contributed by atoms with Gasteiger partial charge in [0.1, 0.15) is 0 Å². The molecule has 0 amide bonds. The Balaban J connectivity index is 3.02. The van der Waals surface area contributed by atoms with Crippen LogP contribution in [-0.4, -0.2) is 0 Å². The first kappa shape index (κ1) is 5.08. The molecule has 0 radical (unpaired) electrons. The Hall–Kier alpha value is -0.0657. The van der Waals surface area contributed by atoms with Crippen LogP contribution in [0.25, 0.3) is 0 Å². The molecule has 30 valence electrons. The first-order chi connectivity index (χ1) is 3.39. The Morgan fingerprint density at radius 2 is 1.57 bits per heavy atom. The van der Waals surface area contributed by atoms with Gasteiger partial charge in [-0.25, -0.2) is 0 Å². The zero-order valence-corrected chi connectivity index (χ0v) is 5.45. The van der Waals surface area contributed by atoms with Crippen LogP contribution in [0.4, 0.5) is 0 Å². The molecule has 1 aromatic carbocycles. The predicted octanol–water partition coefficient (Wildman–Crippen LogP) is 0.859. The summed E-state index contributed by atoms with van der Waals surface area (Å²) in [5.41, 5.74) is 0. The third-order valence-electron chi connectivity index (χ3n) is 0.774. The Morgan fingerprint density at radius 1 is 1.00 bits per heavy atom. The van der Waals surface area contributed by atoms with E-state index >= 15 is 0 Å². The van der Waals surface area contributed by atoms with Gasteiger partial charge in [-0.3, -0.25) is 0 Å². The van der Waals surface area contributed by atoms with Crippen LogP contribution < -0.4 is 3.87 Å². The van der Waals surface area contributed by atoms with Gasteiger partial charge in [-0.2, -0.15) is 0 Å². The molecule has 0 aliphatic rings. The summed E-state index contributed by atoms with van der Waals surface area (Å²) in [5.74, 6) is 0. The quantitative estimate of drug-likeness (QED) is 0.451. The average molecular weight is 125 g/mol. The molecular formula is C6H5Ti+3. The van der Waals surface area contributed by atoms with Crippen LogP contribution in [0.1, 0.15) is 0 Å². The van der Waals surface area contributed by atoms with Gasteiger partial charge in [0.25, 0.3) is 0 Å². The monoisotopic (exact) mass is 125 g/mol. The second kappa shape index (κ2) is 2.30. The molecule has 0 nitrogen and oxygen atoms in total. The van der Waals surface area contributed by atoms with E-state index in [0.717, 1.165) is 0 Å². The van der Waals surface area contributed by atoms with Crippen LogP contribution in [0.2, 0.25) is 0 Å². The molecule has 0 atom stereocenters. The first-order valence-corrected chi connectivity index (χ1v) is 2.94. The molecule has 0 bridgehead atoms. The van der Waals surface area contributed by atoms with Crippen LogP contribution in [0.5, 0.6) is 0 Å². The van der Waals surface area contributed by atoms with Crippen molar-refractivity contribution >= 4 is 3.87 Å². The Labute approximate surface area is 55.0 Å². The van der Waals surface area contributed by atoms with Gasteiger partial charge in [-0.05, 0) is 0 Å². The summed E-state index contributed by atoms with van der Waals surface area (Å²) < 4.78 is 1.32. The maximum absolute atomic E-state index is 2.08. The molecule has 1 heteroatoms. The first-order valence-electron chi connectivity index (χ1n) is 2.16. The van der Waals surface area contributed by atoms with Crippen molar-refractivity contribution < 1.29 is 20.4 Å². The van der Waals surface area contributed by atoms with Crippen LogP contribution in [0.3, 0.4) is 0 Å². The number of benzene rings is 1. The summed E-state index contributed by atoms with van der Waals surface area (Å²) >= 11 is 2.08. The third-order valence-corrected chi connectivity index (χ3v) is 1.29. The van der Waals surface area contributed by atoms with Gasteiger partial charge in [0.15, 0.2) is 0 Å². The maximum atomic E-state index is 2.08. The van der Waals surface area contributed by atoms with Crippen molar-refractivity contribution in [3.05, 3.63) is 30.3 Å². The van der Waals surface area contributed by atoms with Gasteiger partial charge in [0, 0.05) is 0 Å². The van der Waals surface area contributed by atoms with E-state index in [0.29, 0.717) is 0 Å². The van der Waals surface area contributed by atoms with Gasteiger partial charge >= 0.3 is 54.6 Å². The van der Waals surface area contributed by atoms with Crippen molar-refractivity contribution in [1.29, 1.82) is 0 Å². The summed E-state index contributed by atoms with van der Waals surface area (Å²) in [7, 11) is 0. The summed E-state index contributed by atoms with van der Waals surface area (Å²) in [4.78, 5) is 0. The van der Waals surface area contributed by atoms with E-state index in [1.54, 1.807) is 0 Å². The Morgan fingerprint density at radius 3 is 1.86 bits per heavy atom. The fourth-order valence-corrected chi connectivity index (χ4v) is 0.739. The third kappa shape index (κ3) is 1.46. The van der Waals surface area contributed by atoms with E-state index in [1.807, 2.05) is 18.2 Å². The van der Waals surface area contributed by atoms with Crippen LogP contribution in [-0.2, 0) is 20.4 Å². The van der Waals surface area contributed by atoms with E-state index < -0.39 is 0 Å². The van der Waals surface area contributed by atoms with Crippen molar-refractivity contribution in [2.24, 2.45) is 0 Å². The molecule has 0 unspecified atom stereocenters. The molecule has 7 heavy (non-hydrogen) atoms. The van der Waals surface area contributed by atoms with Crippen molar-refractivity contribution in [2.75, 3.05) is 0 Å². The number of rotatable bonds is 0. The molecule has 0 heterocycles. The SMILES string of the molecule is [Ti+3][c]1ccccc1. The molecule has 1 rings (SSSR count). The minimum atomic E-state index is 1.32. The number of hydrogen-bond donors (Lipinski definition) is 0. The molecule has 0 aromatic heterocycles. The van der Waals surface area contributed by atoms with E-state index in [-0.39, 0.29) is 0 Å². The molecule has 0 spiro atoms. The standard InChI is InChI=1S/C6H5.Ti/c1-2-4-6-5-3-1;/h1-5H;/q;+3. The molecule has 0 aliphatic heterocycles. The molecule has 0 saturated heterocycles. The van der Waals surface area contributed by atoms with E-state index in [9.17, 15) is 0 Å². The second-order valence-electron chi connectivity index (χ2n) is 1.37. The second-order valence-corrected chi connectivity index (χ2v) is 2.27. The molecular weight excluding hydrogens is 120 g/mol. The number of hydrogen-bond acceptors (Lipinski definition) is 0. The van der Waals surface area contributed by atoms with E-state index in [4.69, 9.17) is 0 Å². The van der Waals surface area contributed by atoms with Gasteiger partial charge < -0.3 is 0 Å². The molecule has 0 aliphatic carbocycles. The van der Waals surface area contributed by atoms with Crippen molar-refractivity contribution in [3.8, 4) is 0 Å². The predicted molar refractivity (Wildman–Crippen MR) is 26.1 cm³/mol. The summed E-state index contributed by atoms with van der Waals surface area (Å²) in [6.07, 6.45) is 0. The van der Waals surface area contributed by atoms with Crippen molar-refractivity contribution in [2.45, 2.75) is 0 Å². The minimum absolute atomic E-state index is 1.32. The normalized spacial score (nSPS) is 8.86. The van der Waals surface area contributed by atoms with Gasteiger partial charge in [0.2, 0.25) is 0 Å². The van der Waals surface area contributed by atoms with E-state index in [1.165, 1.54) is 3.87 Å². The van der Waals surface area contributed by atoms with Crippen LogP contribution in [0, 0.1) is 0 Å². The average Bonchev–Trinajstić information content (AvgIpc) is 1.69. The fraction of sp³-hybridized carbons (Fsp3) is 0. The molecule has 0 saturated carbocycles. The Kier molecular flexibility index (Phi) is 1.67. The van der Waals surface area contributed by atoms with Crippen molar-refractivity contribution in [3.63, 3.8) is 0 Å². The van der Waals surface area contributed by atoms with Gasteiger partial charge in [0.05, 0.1) is 0 Å². The topological polar surface area (TPSA) is 0 Å². The molecule has 0 N–H and O–H groups in total. The zero-order valence-electron chi connectivity index (χ0n) is 3.89. The van der Waals surface area contributed by atoms with Crippen molar-refractivity contribution in [1.82, 2.24) is 0 Å². The zero-order chi connectivity index (χ0) is 5.11. The van der Waals surface area contributed by atoms with Crippen LogP contribution in [0.15, 0.2) is 30.3 Å². The summed E-state index contributed by atoms with van der Waals surface area (Å²) in [5, 5.41) is 0. The fourth-order valence-electron chi connectivity index (χ4n) is 0.438. The van der Waals surface area contributed by atoms with Gasteiger partial charge in [-0.1, -0.05) is 0 Å².